The predicted molar refractivity (Wildman–Crippen MR) is 57.9 cm³/mol. The molecule has 1 atom stereocenters. The summed E-state index contributed by atoms with van der Waals surface area (Å²) in [5, 5.41) is 3.70. The Morgan fingerprint density at radius 3 is 3.07 bits per heavy atom. The quantitative estimate of drug-likeness (QED) is 0.842. The van der Waals surface area contributed by atoms with Crippen LogP contribution in [0.15, 0.2) is 18.2 Å². The molecule has 0 aliphatic carbocycles. The Hall–Kier alpha value is -0.800. The fourth-order valence-corrected chi connectivity index (χ4v) is 1.83. The summed E-state index contributed by atoms with van der Waals surface area (Å²) in [5.41, 5.74) is 0. The normalized spacial score (nSPS) is 21.3. The summed E-state index contributed by atoms with van der Waals surface area (Å²) in [5.74, 6) is -0.110. The summed E-state index contributed by atoms with van der Waals surface area (Å²) in [6, 6.07) is 4.36. The lowest BCUT2D eigenvalue weighted by Gasteiger charge is -2.24. The number of ether oxygens (including phenoxy) is 1. The van der Waals surface area contributed by atoms with Crippen LogP contribution in [0.1, 0.15) is 12.8 Å². The minimum absolute atomic E-state index is 0.0479. The monoisotopic (exact) mass is 229 g/mol. The largest absolute Gasteiger partial charge is 0.486 e. The van der Waals surface area contributed by atoms with E-state index in [0.717, 1.165) is 25.9 Å². The molecule has 82 valence electrons. The molecule has 2 nitrogen and oxygen atoms in total. The Morgan fingerprint density at radius 2 is 2.33 bits per heavy atom. The second-order valence-corrected chi connectivity index (χ2v) is 4.10. The van der Waals surface area contributed by atoms with Crippen molar-refractivity contribution in [2.24, 2.45) is 0 Å². The van der Waals surface area contributed by atoms with Crippen molar-refractivity contribution in [2.75, 3.05) is 13.1 Å². The molecule has 0 saturated carbocycles. The highest BCUT2D eigenvalue weighted by molar-refractivity contribution is 6.30. The molecule has 1 aliphatic heterocycles. The molecular formula is C11H13ClFNO. The third-order valence-electron chi connectivity index (χ3n) is 2.44. The van der Waals surface area contributed by atoms with Gasteiger partial charge in [0.2, 0.25) is 0 Å². The van der Waals surface area contributed by atoms with Gasteiger partial charge in [0.05, 0.1) is 0 Å². The Labute approximate surface area is 93.4 Å². The molecule has 0 aromatic heterocycles. The first-order valence-electron chi connectivity index (χ1n) is 5.08. The number of benzene rings is 1. The molecule has 15 heavy (non-hydrogen) atoms. The number of hydrogen-bond acceptors (Lipinski definition) is 2. The summed E-state index contributed by atoms with van der Waals surface area (Å²) >= 11 is 5.77. The van der Waals surface area contributed by atoms with Gasteiger partial charge in [0, 0.05) is 17.6 Å². The molecule has 1 aromatic rings. The van der Waals surface area contributed by atoms with E-state index < -0.39 is 0 Å². The van der Waals surface area contributed by atoms with E-state index in [1.54, 1.807) is 0 Å². The van der Waals surface area contributed by atoms with E-state index in [0.29, 0.717) is 5.02 Å². The van der Waals surface area contributed by atoms with Crippen molar-refractivity contribution in [1.29, 1.82) is 0 Å². The fourth-order valence-electron chi connectivity index (χ4n) is 1.67. The topological polar surface area (TPSA) is 21.3 Å². The van der Waals surface area contributed by atoms with Crippen molar-refractivity contribution in [3.8, 4) is 5.75 Å². The summed E-state index contributed by atoms with van der Waals surface area (Å²) in [6.45, 7) is 1.78. The van der Waals surface area contributed by atoms with E-state index in [1.165, 1.54) is 18.2 Å². The van der Waals surface area contributed by atoms with Gasteiger partial charge in [0.1, 0.15) is 6.10 Å². The zero-order valence-electron chi connectivity index (χ0n) is 8.30. The van der Waals surface area contributed by atoms with Gasteiger partial charge in [0.25, 0.3) is 0 Å². The smallest absolute Gasteiger partial charge is 0.165 e. The van der Waals surface area contributed by atoms with Crippen LogP contribution in [-0.4, -0.2) is 19.2 Å². The maximum Gasteiger partial charge on any atom is 0.165 e. The molecule has 2 rings (SSSR count). The van der Waals surface area contributed by atoms with E-state index in [9.17, 15) is 4.39 Å². The zero-order valence-corrected chi connectivity index (χ0v) is 9.06. The van der Waals surface area contributed by atoms with Gasteiger partial charge in [-0.2, -0.15) is 0 Å². The average molecular weight is 230 g/mol. The number of rotatable bonds is 2. The van der Waals surface area contributed by atoms with Gasteiger partial charge in [-0.1, -0.05) is 11.6 Å². The maximum atomic E-state index is 13.3. The van der Waals surface area contributed by atoms with Gasteiger partial charge in [-0.25, -0.2) is 4.39 Å². The zero-order chi connectivity index (χ0) is 10.7. The van der Waals surface area contributed by atoms with Crippen LogP contribution in [0.2, 0.25) is 5.02 Å². The Bertz CT molecular complexity index is 339. The van der Waals surface area contributed by atoms with Crippen molar-refractivity contribution < 1.29 is 9.13 Å². The first-order valence-corrected chi connectivity index (χ1v) is 5.46. The minimum Gasteiger partial charge on any atom is -0.486 e. The number of hydrogen-bond donors (Lipinski definition) is 1. The minimum atomic E-state index is -0.357. The average Bonchev–Trinajstić information content (AvgIpc) is 2.25. The molecule has 1 heterocycles. The Morgan fingerprint density at radius 1 is 1.47 bits per heavy atom. The summed E-state index contributed by atoms with van der Waals surface area (Å²) in [6.07, 6.45) is 2.07. The van der Waals surface area contributed by atoms with Crippen molar-refractivity contribution in [3.63, 3.8) is 0 Å². The second kappa shape index (κ2) is 4.81. The first kappa shape index (κ1) is 10.7. The summed E-state index contributed by atoms with van der Waals surface area (Å²) < 4.78 is 18.9. The molecule has 1 saturated heterocycles. The molecule has 1 N–H and O–H groups in total. The standard InChI is InChI=1S/C11H13ClFNO/c12-8-3-4-10(13)11(6-8)15-9-2-1-5-14-7-9/h3-4,6,9,14H,1-2,5,7H2. The van der Waals surface area contributed by atoms with Crippen molar-refractivity contribution in [3.05, 3.63) is 29.0 Å². The van der Waals surface area contributed by atoms with Crippen LogP contribution >= 0.6 is 11.6 Å². The molecular weight excluding hydrogens is 217 g/mol. The SMILES string of the molecule is Fc1ccc(Cl)cc1OC1CCCNC1. The molecule has 1 fully saturated rings. The van der Waals surface area contributed by atoms with Crippen molar-refractivity contribution in [1.82, 2.24) is 5.32 Å². The highest BCUT2D eigenvalue weighted by atomic mass is 35.5. The summed E-state index contributed by atoms with van der Waals surface area (Å²) in [4.78, 5) is 0. The Balaban J connectivity index is 2.05. The van der Waals surface area contributed by atoms with Crippen LogP contribution in [0.3, 0.4) is 0 Å². The van der Waals surface area contributed by atoms with Gasteiger partial charge in [-0.3, -0.25) is 0 Å². The highest BCUT2D eigenvalue weighted by Gasteiger charge is 2.16. The Kier molecular flexibility index (Phi) is 3.44. The molecule has 0 radical (unpaired) electrons. The van der Waals surface area contributed by atoms with Crippen molar-refractivity contribution in [2.45, 2.75) is 18.9 Å². The van der Waals surface area contributed by atoms with Gasteiger partial charge in [-0.05, 0) is 31.5 Å². The molecule has 1 unspecified atom stereocenters. The third kappa shape index (κ3) is 2.83. The number of nitrogens with one attached hydrogen (secondary N) is 1. The fraction of sp³-hybridized carbons (Fsp3) is 0.455. The lowest BCUT2D eigenvalue weighted by atomic mass is 10.1. The van der Waals surface area contributed by atoms with E-state index in [2.05, 4.69) is 5.32 Å². The van der Waals surface area contributed by atoms with Crippen LogP contribution in [0.5, 0.6) is 5.75 Å². The molecule has 1 aliphatic rings. The first-order chi connectivity index (χ1) is 7.25. The van der Waals surface area contributed by atoms with E-state index in [-0.39, 0.29) is 17.7 Å². The van der Waals surface area contributed by atoms with Gasteiger partial charge in [-0.15, -0.1) is 0 Å². The van der Waals surface area contributed by atoms with Crippen LogP contribution < -0.4 is 10.1 Å². The molecule has 0 spiro atoms. The van der Waals surface area contributed by atoms with Crippen LogP contribution in [0.25, 0.3) is 0 Å². The lowest BCUT2D eigenvalue weighted by molar-refractivity contribution is 0.160. The number of halogens is 2. The van der Waals surface area contributed by atoms with Crippen LogP contribution in [0.4, 0.5) is 4.39 Å². The van der Waals surface area contributed by atoms with E-state index in [4.69, 9.17) is 16.3 Å². The maximum absolute atomic E-state index is 13.3. The third-order valence-corrected chi connectivity index (χ3v) is 2.67. The molecule has 1 aromatic carbocycles. The van der Waals surface area contributed by atoms with Gasteiger partial charge in [0.15, 0.2) is 11.6 Å². The lowest BCUT2D eigenvalue weighted by Crippen LogP contribution is -2.37. The van der Waals surface area contributed by atoms with Crippen molar-refractivity contribution >= 4 is 11.6 Å². The van der Waals surface area contributed by atoms with E-state index >= 15 is 0 Å². The second-order valence-electron chi connectivity index (χ2n) is 3.66. The summed E-state index contributed by atoms with van der Waals surface area (Å²) in [7, 11) is 0. The van der Waals surface area contributed by atoms with Gasteiger partial charge >= 0.3 is 0 Å². The molecule has 4 heteroatoms. The van der Waals surface area contributed by atoms with Crippen LogP contribution in [-0.2, 0) is 0 Å². The highest BCUT2D eigenvalue weighted by Crippen LogP contribution is 2.24. The van der Waals surface area contributed by atoms with Gasteiger partial charge < -0.3 is 10.1 Å². The van der Waals surface area contributed by atoms with Crippen LogP contribution in [0, 0.1) is 5.82 Å². The van der Waals surface area contributed by atoms with E-state index in [1.807, 2.05) is 0 Å². The predicted octanol–water partition coefficient (Wildman–Crippen LogP) is 2.61. The molecule has 0 bridgehead atoms. The number of piperidine rings is 1. The molecule has 0 amide bonds.